The van der Waals surface area contributed by atoms with Gasteiger partial charge in [-0.25, -0.2) is 0 Å². The lowest BCUT2D eigenvalue weighted by atomic mass is 9.93. The second-order valence-corrected chi connectivity index (χ2v) is 5.09. The predicted octanol–water partition coefficient (Wildman–Crippen LogP) is 2.75. The molecule has 0 aromatic rings. The van der Waals surface area contributed by atoms with Crippen molar-refractivity contribution in [2.45, 2.75) is 58.4 Å². The van der Waals surface area contributed by atoms with E-state index in [1.165, 1.54) is 19.3 Å². The molecule has 1 saturated heterocycles. The zero-order valence-electron chi connectivity index (χ0n) is 10.6. The minimum absolute atomic E-state index is 0.344. The molecule has 0 aliphatic carbocycles. The van der Waals surface area contributed by atoms with Crippen LogP contribution in [0.4, 0.5) is 0 Å². The monoisotopic (exact) mass is 227 g/mol. The molecule has 1 heterocycles. The largest absolute Gasteiger partial charge is 0.481 e. The second kappa shape index (κ2) is 6.89. The van der Waals surface area contributed by atoms with E-state index in [2.05, 4.69) is 18.7 Å². The van der Waals surface area contributed by atoms with Crippen LogP contribution in [0, 0.1) is 5.92 Å². The standard InChI is InChI=1S/C13H25NO2/c1-3-4-6-11(2)14-8-5-7-12(10-14)9-13(15)16/h11-12H,3-10H2,1-2H3,(H,15,16). The van der Waals surface area contributed by atoms with Crippen LogP contribution in [0.1, 0.15) is 52.4 Å². The Kier molecular flexibility index (Phi) is 5.81. The third kappa shape index (κ3) is 4.52. The van der Waals surface area contributed by atoms with Gasteiger partial charge in [-0.05, 0) is 38.6 Å². The van der Waals surface area contributed by atoms with Crippen LogP contribution in [-0.2, 0) is 4.79 Å². The topological polar surface area (TPSA) is 40.5 Å². The number of hydrogen-bond donors (Lipinski definition) is 1. The molecule has 1 rings (SSSR count). The molecule has 1 N–H and O–H groups in total. The fourth-order valence-electron chi connectivity index (χ4n) is 2.59. The van der Waals surface area contributed by atoms with Gasteiger partial charge < -0.3 is 10.0 Å². The Hall–Kier alpha value is -0.570. The molecule has 94 valence electrons. The third-order valence-corrected chi connectivity index (χ3v) is 3.61. The summed E-state index contributed by atoms with van der Waals surface area (Å²) < 4.78 is 0. The molecule has 0 aromatic carbocycles. The van der Waals surface area contributed by atoms with E-state index in [4.69, 9.17) is 5.11 Å². The van der Waals surface area contributed by atoms with Crippen molar-refractivity contribution in [1.82, 2.24) is 4.90 Å². The Morgan fingerprint density at radius 2 is 2.31 bits per heavy atom. The molecule has 3 nitrogen and oxygen atoms in total. The molecule has 0 bridgehead atoms. The van der Waals surface area contributed by atoms with Crippen molar-refractivity contribution < 1.29 is 9.90 Å². The smallest absolute Gasteiger partial charge is 0.303 e. The molecule has 2 atom stereocenters. The average molecular weight is 227 g/mol. The Balaban J connectivity index is 2.34. The number of piperidine rings is 1. The number of rotatable bonds is 6. The van der Waals surface area contributed by atoms with E-state index < -0.39 is 5.97 Å². The van der Waals surface area contributed by atoms with Crippen molar-refractivity contribution >= 4 is 5.97 Å². The summed E-state index contributed by atoms with van der Waals surface area (Å²) in [6.45, 7) is 6.63. The Bertz CT molecular complexity index is 218. The lowest BCUT2D eigenvalue weighted by molar-refractivity contribution is -0.138. The number of nitrogens with zero attached hydrogens (tertiary/aromatic N) is 1. The molecule has 3 heteroatoms. The molecule has 0 spiro atoms. The highest BCUT2D eigenvalue weighted by atomic mass is 16.4. The van der Waals surface area contributed by atoms with Crippen LogP contribution in [0.15, 0.2) is 0 Å². The van der Waals surface area contributed by atoms with Gasteiger partial charge in [0, 0.05) is 19.0 Å². The van der Waals surface area contributed by atoms with E-state index in [9.17, 15) is 4.79 Å². The van der Waals surface area contributed by atoms with Crippen molar-refractivity contribution in [1.29, 1.82) is 0 Å². The number of carboxylic acids is 1. The van der Waals surface area contributed by atoms with Crippen molar-refractivity contribution in [3.8, 4) is 0 Å². The van der Waals surface area contributed by atoms with E-state index in [-0.39, 0.29) is 0 Å². The fourth-order valence-corrected chi connectivity index (χ4v) is 2.59. The van der Waals surface area contributed by atoms with E-state index in [0.29, 0.717) is 18.4 Å². The number of aliphatic carboxylic acids is 1. The summed E-state index contributed by atoms with van der Waals surface area (Å²) in [4.78, 5) is 13.2. The van der Waals surface area contributed by atoms with E-state index in [1.54, 1.807) is 0 Å². The first-order valence-corrected chi connectivity index (χ1v) is 6.59. The molecule has 0 amide bonds. The SMILES string of the molecule is CCCCC(C)N1CCCC(CC(=O)O)C1. The van der Waals surface area contributed by atoms with Gasteiger partial charge in [-0.1, -0.05) is 19.8 Å². The van der Waals surface area contributed by atoms with Gasteiger partial charge in [0.05, 0.1) is 0 Å². The van der Waals surface area contributed by atoms with Crippen LogP contribution in [0.3, 0.4) is 0 Å². The Morgan fingerprint density at radius 3 is 2.94 bits per heavy atom. The summed E-state index contributed by atoms with van der Waals surface area (Å²) in [6.07, 6.45) is 6.36. The van der Waals surface area contributed by atoms with Crippen molar-refractivity contribution in [3.63, 3.8) is 0 Å². The molecule has 0 saturated carbocycles. The van der Waals surface area contributed by atoms with Gasteiger partial charge in [0.1, 0.15) is 0 Å². The maximum Gasteiger partial charge on any atom is 0.303 e. The third-order valence-electron chi connectivity index (χ3n) is 3.61. The Morgan fingerprint density at radius 1 is 1.56 bits per heavy atom. The summed E-state index contributed by atoms with van der Waals surface area (Å²) in [5.74, 6) is -0.275. The second-order valence-electron chi connectivity index (χ2n) is 5.09. The zero-order chi connectivity index (χ0) is 12.0. The van der Waals surface area contributed by atoms with Gasteiger partial charge in [-0.15, -0.1) is 0 Å². The first-order chi connectivity index (χ1) is 7.63. The van der Waals surface area contributed by atoms with Crippen LogP contribution >= 0.6 is 0 Å². The quantitative estimate of drug-likeness (QED) is 0.758. The van der Waals surface area contributed by atoms with Gasteiger partial charge in [0.15, 0.2) is 0 Å². The van der Waals surface area contributed by atoms with E-state index in [1.807, 2.05) is 0 Å². The van der Waals surface area contributed by atoms with Crippen molar-refractivity contribution in [2.24, 2.45) is 5.92 Å². The van der Waals surface area contributed by atoms with E-state index >= 15 is 0 Å². The molecule has 1 aliphatic rings. The molecule has 0 radical (unpaired) electrons. The summed E-state index contributed by atoms with van der Waals surface area (Å²) in [5.41, 5.74) is 0. The van der Waals surface area contributed by atoms with Crippen LogP contribution in [0.25, 0.3) is 0 Å². The molecular formula is C13H25NO2. The van der Waals surface area contributed by atoms with Gasteiger partial charge in [-0.3, -0.25) is 4.79 Å². The normalized spacial score (nSPS) is 24.2. The highest BCUT2D eigenvalue weighted by Crippen LogP contribution is 2.22. The predicted molar refractivity (Wildman–Crippen MR) is 65.5 cm³/mol. The minimum Gasteiger partial charge on any atom is -0.481 e. The van der Waals surface area contributed by atoms with Gasteiger partial charge in [-0.2, -0.15) is 0 Å². The number of likely N-dealkylation sites (tertiary alicyclic amines) is 1. The average Bonchev–Trinajstić information content (AvgIpc) is 2.25. The van der Waals surface area contributed by atoms with Crippen molar-refractivity contribution in [3.05, 3.63) is 0 Å². The molecule has 2 unspecified atom stereocenters. The van der Waals surface area contributed by atoms with Gasteiger partial charge in [0.25, 0.3) is 0 Å². The van der Waals surface area contributed by atoms with Crippen LogP contribution < -0.4 is 0 Å². The molecular weight excluding hydrogens is 202 g/mol. The first-order valence-electron chi connectivity index (χ1n) is 6.59. The van der Waals surface area contributed by atoms with Gasteiger partial charge in [0.2, 0.25) is 0 Å². The molecule has 1 fully saturated rings. The van der Waals surface area contributed by atoms with Crippen molar-refractivity contribution in [2.75, 3.05) is 13.1 Å². The molecule has 0 aromatic heterocycles. The van der Waals surface area contributed by atoms with Gasteiger partial charge >= 0.3 is 5.97 Å². The maximum absolute atomic E-state index is 10.7. The number of carboxylic acid groups (broad SMARTS) is 1. The highest BCUT2D eigenvalue weighted by Gasteiger charge is 2.24. The minimum atomic E-state index is -0.645. The number of carbonyl (C=O) groups is 1. The molecule has 16 heavy (non-hydrogen) atoms. The first kappa shape index (κ1) is 13.5. The zero-order valence-corrected chi connectivity index (χ0v) is 10.6. The van der Waals surface area contributed by atoms with Crippen LogP contribution in [-0.4, -0.2) is 35.1 Å². The summed E-state index contributed by atoms with van der Waals surface area (Å²) in [6, 6.07) is 0.622. The molecule has 1 aliphatic heterocycles. The Labute approximate surface area is 98.8 Å². The van der Waals surface area contributed by atoms with Crippen LogP contribution in [0.2, 0.25) is 0 Å². The lowest BCUT2D eigenvalue weighted by Crippen LogP contribution is -2.41. The summed E-state index contributed by atoms with van der Waals surface area (Å²) >= 11 is 0. The summed E-state index contributed by atoms with van der Waals surface area (Å²) in [5, 5.41) is 8.81. The summed E-state index contributed by atoms with van der Waals surface area (Å²) in [7, 11) is 0. The number of hydrogen-bond acceptors (Lipinski definition) is 2. The number of unbranched alkanes of at least 4 members (excludes halogenated alkanes) is 1. The van der Waals surface area contributed by atoms with Crippen LogP contribution in [0.5, 0.6) is 0 Å². The lowest BCUT2D eigenvalue weighted by Gasteiger charge is -2.36. The highest BCUT2D eigenvalue weighted by molar-refractivity contribution is 5.67. The fraction of sp³-hybridized carbons (Fsp3) is 0.923. The van der Waals surface area contributed by atoms with E-state index in [0.717, 1.165) is 25.9 Å². The maximum atomic E-state index is 10.7.